The van der Waals surface area contributed by atoms with Crippen LogP contribution in [0.2, 0.25) is 0 Å². The van der Waals surface area contributed by atoms with Gasteiger partial charge in [0, 0.05) is 32.9 Å². The largest absolute Gasteiger partial charge is 0.481 e. The summed E-state index contributed by atoms with van der Waals surface area (Å²) in [6, 6.07) is -0.181. The third kappa shape index (κ3) is 3.72. The number of rotatable bonds is 4. The van der Waals surface area contributed by atoms with Crippen LogP contribution in [-0.4, -0.2) is 51.4 Å². The van der Waals surface area contributed by atoms with Crippen molar-refractivity contribution in [2.45, 2.75) is 19.3 Å². The summed E-state index contributed by atoms with van der Waals surface area (Å²) in [5.41, 5.74) is 1.06. The topological polar surface area (TPSA) is 87.5 Å². The van der Waals surface area contributed by atoms with Crippen molar-refractivity contribution in [3.8, 4) is 0 Å². The number of amides is 2. The predicted molar refractivity (Wildman–Crippen MR) is 72.2 cm³/mol. The molecule has 1 atom stereocenters. The van der Waals surface area contributed by atoms with Crippen LogP contribution in [0.15, 0.2) is 12.4 Å². The van der Waals surface area contributed by atoms with Crippen molar-refractivity contribution in [2.75, 3.05) is 19.6 Å². The highest BCUT2D eigenvalue weighted by Crippen LogP contribution is 2.16. The van der Waals surface area contributed by atoms with E-state index in [1.165, 1.54) is 0 Å². The van der Waals surface area contributed by atoms with Crippen LogP contribution in [0.3, 0.4) is 0 Å². The van der Waals surface area contributed by atoms with Gasteiger partial charge in [0.05, 0.1) is 12.1 Å². The molecule has 0 radical (unpaired) electrons. The molecule has 1 saturated heterocycles. The van der Waals surface area contributed by atoms with Gasteiger partial charge in [-0.05, 0) is 24.8 Å². The number of aromatic nitrogens is 2. The van der Waals surface area contributed by atoms with Gasteiger partial charge in [-0.3, -0.25) is 9.48 Å². The van der Waals surface area contributed by atoms with Gasteiger partial charge < -0.3 is 15.3 Å². The Balaban J connectivity index is 1.75. The Labute approximate surface area is 117 Å². The van der Waals surface area contributed by atoms with Gasteiger partial charge in [-0.25, -0.2) is 4.79 Å². The van der Waals surface area contributed by atoms with E-state index in [1.807, 2.05) is 13.2 Å². The summed E-state index contributed by atoms with van der Waals surface area (Å²) in [7, 11) is 1.85. The summed E-state index contributed by atoms with van der Waals surface area (Å²) in [6.45, 7) is 1.45. The third-order valence-corrected chi connectivity index (χ3v) is 3.51. The van der Waals surface area contributed by atoms with E-state index in [9.17, 15) is 9.59 Å². The monoisotopic (exact) mass is 280 g/mol. The predicted octanol–water partition coefficient (Wildman–Crippen LogP) is 0.469. The smallest absolute Gasteiger partial charge is 0.317 e. The molecular formula is C13H20N4O3. The molecule has 110 valence electrons. The Morgan fingerprint density at radius 1 is 1.55 bits per heavy atom. The fraction of sp³-hybridized carbons (Fsp3) is 0.615. The lowest BCUT2D eigenvalue weighted by atomic mass is 9.99. The number of hydrogen-bond acceptors (Lipinski definition) is 3. The van der Waals surface area contributed by atoms with Crippen LogP contribution in [0.4, 0.5) is 4.79 Å². The summed E-state index contributed by atoms with van der Waals surface area (Å²) in [6.07, 6.45) is 5.79. The number of carbonyl (C=O) groups excluding carboxylic acids is 1. The first kappa shape index (κ1) is 14.4. The Morgan fingerprint density at radius 2 is 2.35 bits per heavy atom. The minimum absolute atomic E-state index is 0.181. The molecule has 1 unspecified atom stereocenters. The molecule has 7 heteroatoms. The van der Waals surface area contributed by atoms with Crippen molar-refractivity contribution in [1.29, 1.82) is 0 Å². The standard InChI is InChI=1S/C13H20N4O3/c1-16-8-10(7-15-16)4-5-14-13(20)17-6-2-3-11(9-17)12(18)19/h7-8,11H,2-6,9H2,1H3,(H,14,20)(H,18,19). The van der Waals surface area contributed by atoms with E-state index in [2.05, 4.69) is 10.4 Å². The number of piperidine rings is 1. The molecule has 1 aliphatic heterocycles. The van der Waals surface area contributed by atoms with Crippen LogP contribution in [0.1, 0.15) is 18.4 Å². The van der Waals surface area contributed by atoms with Crippen LogP contribution in [0.25, 0.3) is 0 Å². The van der Waals surface area contributed by atoms with Crippen LogP contribution in [0, 0.1) is 5.92 Å². The summed E-state index contributed by atoms with van der Waals surface area (Å²) >= 11 is 0. The van der Waals surface area contributed by atoms with E-state index in [0.717, 1.165) is 18.4 Å². The van der Waals surface area contributed by atoms with Crippen LogP contribution in [-0.2, 0) is 18.3 Å². The molecule has 1 aromatic rings. The highest BCUT2D eigenvalue weighted by atomic mass is 16.4. The molecular weight excluding hydrogens is 260 g/mol. The summed E-state index contributed by atoms with van der Waals surface area (Å²) in [4.78, 5) is 24.5. The van der Waals surface area contributed by atoms with E-state index in [1.54, 1.807) is 15.8 Å². The Hall–Kier alpha value is -2.05. The molecule has 0 aliphatic carbocycles. The third-order valence-electron chi connectivity index (χ3n) is 3.51. The first-order chi connectivity index (χ1) is 9.56. The molecule has 2 rings (SSSR count). The number of aryl methyl sites for hydroxylation is 1. The number of carboxylic acid groups (broad SMARTS) is 1. The zero-order chi connectivity index (χ0) is 14.5. The lowest BCUT2D eigenvalue weighted by Crippen LogP contribution is -2.47. The fourth-order valence-corrected chi connectivity index (χ4v) is 2.39. The van der Waals surface area contributed by atoms with Crippen molar-refractivity contribution in [3.63, 3.8) is 0 Å². The van der Waals surface area contributed by atoms with Gasteiger partial charge in [0.15, 0.2) is 0 Å². The van der Waals surface area contributed by atoms with E-state index in [4.69, 9.17) is 5.11 Å². The first-order valence-corrected chi connectivity index (χ1v) is 6.79. The number of hydrogen-bond donors (Lipinski definition) is 2. The van der Waals surface area contributed by atoms with Gasteiger partial charge in [-0.1, -0.05) is 0 Å². The Morgan fingerprint density at radius 3 is 3.00 bits per heavy atom. The quantitative estimate of drug-likeness (QED) is 0.839. The van der Waals surface area contributed by atoms with Crippen LogP contribution < -0.4 is 5.32 Å². The molecule has 0 saturated carbocycles. The van der Waals surface area contributed by atoms with E-state index >= 15 is 0 Å². The summed E-state index contributed by atoms with van der Waals surface area (Å²) in [5, 5.41) is 15.9. The van der Waals surface area contributed by atoms with Crippen molar-refractivity contribution in [1.82, 2.24) is 20.0 Å². The molecule has 2 amide bonds. The number of nitrogens with one attached hydrogen (secondary N) is 1. The Kier molecular flexibility index (Phi) is 4.60. The SMILES string of the molecule is Cn1cc(CCNC(=O)N2CCCC(C(=O)O)C2)cn1. The molecule has 20 heavy (non-hydrogen) atoms. The maximum absolute atomic E-state index is 12.0. The van der Waals surface area contributed by atoms with Crippen molar-refractivity contribution in [3.05, 3.63) is 18.0 Å². The molecule has 0 aromatic carbocycles. The number of likely N-dealkylation sites (tertiary alicyclic amines) is 1. The van der Waals surface area contributed by atoms with Gasteiger partial charge in [-0.15, -0.1) is 0 Å². The highest BCUT2D eigenvalue weighted by Gasteiger charge is 2.27. The molecule has 2 N–H and O–H groups in total. The van der Waals surface area contributed by atoms with Crippen molar-refractivity contribution >= 4 is 12.0 Å². The zero-order valence-electron chi connectivity index (χ0n) is 11.6. The van der Waals surface area contributed by atoms with Gasteiger partial charge in [-0.2, -0.15) is 5.10 Å². The van der Waals surface area contributed by atoms with Crippen LogP contribution in [0.5, 0.6) is 0 Å². The lowest BCUT2D eigenvalue weighted by molar-refractivity contribution is -0.143. The molecule has 1 aromatic heterocycles. The second kappa shape index (κ2) is 6.40. The van der Waals surface area contributed by atoms with Gasteiger partial charge >= 0.3 is 12.0 Å². The molecule has 1 fully saturated rings. The van der Waals surface area contributed by atoms with E-state index in [0.29, 0.717) is 26.1 Å². The minimum atomic E-state index is -0.821. The number of nitrogens with zero attached hydrogens (tertiary/aromatic N) is 3. The van der Waals surface area contributed by atoms with Gasteiger partial charge in [0.25, 0.3) is 0 Å². The van der Waals surface area contributed by atoms with Gasteiger partial charge in [0.1, 0.15) is 0 Å². The molecule has 7 nitrogen and oxygen atoms in total. The maximum atomic E-state index is 12.0. The molecule has 0 spiro atoms. The lowest BCUT2D eigenvalue weighted by Gasteiger charge is -2.30. The zero-order valence-corrected chi connectivity index (χ0v) is 11.6. The van der Waals surface area contributed by atoms with E-state index < -0.39 is 11.9 Å². The van der Waals surface area contributed by atoms with Crippen molar-refractivity contribution in [2.24, 2.45) is 13.0 Å². The number of carboxylic acids is 1. The van der Waals surface area contributed by atoms with Gasteiger partial charge in [0.2, 0.25) is 0 Å². The van der Waals surface area contributed by atoms with E-state index in [-0.39, 0.29) is 6.03 Å². The maximum Gasteiger partial charge on any atom is 0.317 e. The molecule has 0 bridgehead atoms. The number of aliphatic carboxylic acids is 1. The fourth-order valence-electron chi connectivity index (χ4n) is 2.39. The second-order valence-corrected chi connectivity index (χ2v) is 5.13. The highest BCUT2D eigenvalue weighted by molar-refractivity contribution is 5.76. The summed E-state index contributed by atoms with van der Waals surface area (Å²) < 4.78 is 1.72. The average molecular weight is 280 g/mol. The normalized spacial score (nSPS) is 18.9. The molecule has 1 aliphatic rings. The second-order valence-electron chi connectivity index (χ2n) is 5.13. The Bertz CT molecular complexity index is 486. The van der Waals surface area contributed by atoms with Crippen molar-refractivity contribution < 1.29 is 14.7 Å². The molecule has 2 heterocycles. The number of urea groups is 1. The minimum Gasteiger partial charge on any atom is -0.481 e. The average Bonchev–Trinajstić information content (AvgIpc) is 2.84. The summed E-state index contributed by atoms with van der Waals surface area (Å²) in [5.74, 6) is -1.26. The number of carbonyl (C=O) groups is 2. The first-order valence-electron chi connectivity index (χ1n) is 6.79. The van der Waals surface area contributed by atoms with Crippen LogP contribution >= 0.6 is 0 Å².